The van der Waals surface area contributed by atoms with Gasteiger partial charge in [0, 0.05) is 23.5 Å². The Kier molecular flexibility index (Phi) is 5.59. The molecule has 1 unspecified atom stereocenters. The summed E-state index contributed by atoms with van der Waals surface area (Å²) < 4.78 is 5.55. The van der Waals surface area contributed by atoms with Crippen LogP contribution in [0.5, 0.6) is 0 Å². The summed E-state index contributed by atoms with van der Waals surface area (Å²) in [5.41, 5.74) is 3.11. The van der Waals surface area contributed by atoms with Crippen LogP contribution < -0.4 is 10.6 Å². The molecule has 3 rings (SSSR count). The van der Waals surface area contributed by atoms with Crippen molar-refractivity contribution in [2.24, 2.45) is 0 Å². The van der Waals surface area contributed by atoms with Gasteiger partial charge in [-0.05, 0) is 57.5 Å². The number of amides is 2. The van der Waals surface area contributed by atoms with Gasteiger partial charge in [-0.1, -0.05) is 12.1 Å². The van der Waals surface area contributed by atoms with Gasteiger partial charge in [-0.3, -0.25) is 14.6 Å². The van der Waals surface area contributed by atoms with E-state index in [0.717, 1.165) is 22.6 Å². The van der Waals surface area contributed by atoms with Crippen LogP contribution in [0.1, 0.15) is 56.3 Å². The number of nitrogens with zero attached hydrogens (tertiary/aromatic N) is 1. The van der Waals surface area contributed by atoms with E-state index in [1.165, 1.54) is 0 Å². The zero-order chi connectivity index (χ0) is 20.3. The number of para-hydroxylation sites is 1. The lowest BCUT2D eigenvalue weighted by Gasteiger charge is -2.17. The molecule has 1 aromatic carbocycles. The van der Waals surface area contributed by atoms with Gasteiger partial charge in [0.1, 0.15) is 11.5 Å². The van der Waals surface area contributed by atoms with E-state index in [4.69, 9.17) is 4.42 Å². The number of aryl methyl sites for hydroxylation is 3. The third-order valence-electron chi connectivity index (χ3n) is 4.59. The van der Waals surface area contributed by atoms with Crippen molar-refractivity contribution in [2.45, 2.75) is 33.7 Å². The van der Waals surface area contributed by atoms with Crippen molar-refractivity contribution in [1.82, 2.24) is 10.3 Å². The summed E-state index contributed by atoms with van der Waals surface area (Å²) in [6.45, 7) is 7.50. The minimum absolute atomic E-state index is 0.228. The van der Waals surface area contributed by atoms with Gasteiger partial charge in [-0.2, -0.15) is 0 Å². The average Bonchev–Trinajstić information content (AvgIpc) is 3.02. The maximum absolute atomic E-state index is 12.9. The van der Waals surface area contributed by atoms with Crippen LogP contribution in [-0.4, -0.2) is 16.8 Å². The van der Waals surface area contributed by atoms with Crippen LogP contribution in [0.4, 0.5) is 5.69 Å². The van der Waals surface area contributed by atoms with E-state index >= 15 is 0 Å². The third-order valence-corrected chi connectivity index (χ3v) is 4.59. The van der Waals surface area contributed by atoms with Crippen LogP contribution in [0.2, 0.25) is 0 Å². The largest absolute Gasteiger partial charge is 0.466 e. The number of carbonyl (C=O) groups excluding carboxylic acids is 2. The quantitative estimate of drug-likeness (QED) is 0.693. The smallest absolute Gasteiger partial charge is 0.255 e. The number of nitrogens with one attached hydrogen (secondary N) is 2. The fraction of sp³-hybridized carbons (Fsp3) is 0.227. The fourth-order valence-corrected chi connectivity index (χ4v) is 3.14. The lowest BCUT2D eigenvalue weighted by molar-refractivity contribution is 0.0940. The van der Waals surface area contributed by atoms with Crippen molar-refractivity contribution >= 4 is 17.5 Å². The summed E-state index contributed by atoms with van der Waals surface area (Å²) in [5.74, 6) is 1.02. The van der Waals surface area contributed by atoms with Crippen LogP contribution in [0.3, 0.4) is 0 Å². The lowest BCUT2D eigenvalue weighted by Crippen LogP contribution is -2.28. The van der Waals surface area contributed by atoms with Crippen LogP contribution in [0.15, 0.2) is 53.2 Å². The molecule has 3 aromatic rings. The second-order valence-electron chi connectivity index (χ2n) is 6.75. The maximum atomic E-state index is 12.9. The first-order chi connectivity index (χ1) is 13.4. The van der Waals surface area contributed by atoms with Crippen molar-refractivity contribution in [3.8, 4) is 0 Å². The van der Waals surface area contributed by atoms with Gasteiger partial charge < -0.3 is 15.1 Å². The summed E-state index contributed by atoms with van der Waals surface area (Å²) in [6.07, 6.45) is 3.11. The number of aromatic nitrogens is 1. The molecule has 1 atom stereocenters. The van der Waals surface area contributed by atoms with E-state index in [0.29, 0.717) is 16.8 Å². The highest BCUT2D eigenvalue weighted by molar-refractivity contribution is 6.09. The van der Waals surface area contributed by atoms with Crippen molar-refractivity contribution in [1.29, 1.82) is 0 Å². The van der Waals surface area contributed by atoms with Crippen molar-refractivity contribution < 1.29 is 14.0 Å². The van der Waals surface area contributed by atoms with Gasteiger partial charge in [0.25, 0.3) is 11.8 Å². The van der Waals surface area contributed by atoms with Gasteiger partial charge in [-0.25, -0.2) is 0 Å². The van der Waals surface area contributed by atoms with E-state index in [-0.39, 0.29) is 17.9 Å². The average molecular weight is 377 g/mol. The molecule has 0 saturated carbocycles. The first-order valence-electron chi connectivity index (χ1n) is 9.05. The SMILES string of the molecule is Cc1cc(C(C)NC(=O)c2cccc(C)c2NC(=O)c2ccncc2)c(C)o1. The number of hydrogen-bond donors (Lipinski definition) is 2. The molecule has 0 bridgehead atoms. The molecule has 2 heterocycles. The molecule has 6 nitrogen and oxygen atoms in total. The molecular weight excluding hydrogens is 354 g/mol. The molecule has 2 amide bonds. The number of hydrogen-bond acceptors (Lipinski definition) is 4. The Hall–Kier alpha value is -3.41. The third kappa shape index (κ3) is 4.11. The first kappa shape index (κ1) is 19.4. The van der Waals surface area contributed by atoms with Crippen molar-refractivity contribution in [3.63, 3.8) is 0 Å². The molecule has 28 heavy (non-hydrogen) atoms. The van der Waals surface area contributed by atoms with Gasteiger partial charge in [-0.15, -0.1) is 0 Å². The first-order valence-corrected chi connectivity index (χ1v) is 9.05. The zero-order valence-corrected chi connectivity index (χ0v) is 16.4. The van der Waals surface area contributed by atoms with Gasteiger partial charge in [0.15, 0.2) is 0 Å². The molecule has 6 heteroatoms. The standard InChI is InChI=1S/C22H23N3O3/c1-13-6-5-7-18(20(13)25-21(26)17-8-10-23-11-9-17)22(27)24-15(3)19-12-14(2)28-16(19)4/h5-12,15H,1-4H3,(H,24,27)(H,25,26). The molecule has 0 saturated heterocycles. The highest BCUT2D eigenvalue weighted by atomic mass is 16.3. The van der Waals surface area contributed by atoms with Crippen molar-refractivity contribution in [3.05, 3.63) is 82.6 Å². The Morgan fingerprint density at radius 2 is 1.75 bits per heavy atom. The second-order valence-corrected chi connectivity index (χ2v) is 6.75. The molecular formula is C22H23N3O3. The highest BCUT2D eigenvalue weighted by Crippen LogP contribution is 2.25. The van der Waals surface area contributed by atoms with E-state index in [9.17, 15) is 9.59 Å². The molecule has 0 fully saturated rings. The van der Waals surface area contributed by atoms with E-state index in [2.05, 4.69) is 15.6 Å². The maximum Gasteiger partial charge on any atom is 0.255 e. The van der Waals surface area contributed by atoms with Gasteiger partial charge in [0.05, 0.1) is 17.3 Å². The Morgan fingerprint density at radius 1 is 1.04 bits per heavy atom. The monoisotopic (exact) mass is 377 g/mol. The second kappa shape index (κ2) is 8.08. The Bertz CT molecular complexity index is 1010. The summed E-state index contributed by atoms with van der Waals surface area (Å²) in [6, 6.07) is 10.3. The highest BCUT2D eigenvalue weighted by Gasteiger charge is 2.20. The Morgan fingerprint density at radius 3 is 2.39 bits per heavy atom. The number of benzene rings is 1. The van der Waals surface area contributed by atoms with Gasteiger partial charge in [0.2, 0.25) is 0 Å². The van der Waals surface area contributed by atoms with E-state index in [1.807, 2.05) is 39.8 Å². The Balaban J connectivity index is 1.84. The van der Waals surface area contributed by atoms with Crippen LogP contribution in [0, 0.1) is 20.8 Å². The molecule has 2 aromatic heterocycles. The zero-order valence-electron chi connectivity index (χ0n) is 16.4. The molecule has 0 aliphatic carbocycles. The normalized spacial score (nSPS) is 11.7. The number of pyridine rings is 1. The Labute approximate surface area is 164 Å². The predicted molar refractivity (Wildman–Crippen MR) is 107 cm³/mol. The molecule has 0 aliphatic rings. The van der Waals surface area contributed by atoms with Crippen LogP contribution in [0.25, 0.3) is 0 Å². The minimum Gasteiger partial charge on any atom is -0.466 e. The van der Waals surface area contributed by atoms with Crippen molar-refractivity contribution in [2.75, 3.05) is 5.32 Å². The number of rotatable bonds is 5. The summed E-state index contributed by atoms with van der Waals surface area (Å²) >= 11 is 0. The number of anilines is 1. The molecule has 144 valence electrons. The molecule has 0 spiro atoms. The van der Waals surface area contributed by atoms with Crippen LogP contribution in [-0.2, 0) is 0 Å². The lowest BCUT2D eigenvalue weighted by atomic mass is 10.0. The van der Waals surface area contributed by atoms with E-state index in [1.54, 1.807) is 36.7 Å². The van der Waals surface area contributed by atoms with E-state index < -0.39 is 0 Å². The predicted octanol–water partition coefficient (Wildman–Crippen LogP) is 4.34. The van der Waals surface area contributed by atoms with Gasteiger partial charge >= 0.3 is 0 Å². The molecule has 2 N–H and O–H groups in total. The molecule has 0 radical (unpaired) electrons. The topological polar surface area (TPSA) is 84.2 Å². The molecule has 0 aliphatic heterocycles. The summed E-state index contributed by atoms with van der Waals surface area (Å²) in [4.78, 5) is 29.4. The fourth-order valence-electron chi connectivity index (χ4n) is 3.14. The number of carbonyl (C=O) groups is 2. The minimum atomic E-state index is -0.292. The summed E-state index contributed by atoms with van der Waals surface area (Å²) in [7, 11) is 0. The van der Waals surface area contributed by atoms with Crippen LogP contribution >= 0.6 is 0 Å². The number of furan rings is 1. The summed E-state index contributed by atoms with van der Waals surface area (Å²) in [5, 5.41) is 5.85.